The third-order valence-electron chi connectivity index (χ3n) is 4.51. The zero-order valence-corrected chi connectivity index (χ0v) is 10.7. The molecule has 2 aliphatic carbocycles. The quantitative estimate of drug-likeness (QED) is 0.629. The molecule has 18 heavy (non-hydrogen) atoms. The molecule has 1 aliphatic heterocycles. The monoisotopic (exact) mass is 245 g/mol. The summed E-state index contributed by atoms with van der Waals surface area (Å²) in [6.07, 6.45) is 1.67. The van der Waals surface area contributed by atoms with Gasteiger partial charge in [-0.3, -0.25) is 14.9 Å². The van der Waals surface area contributed by atoms with Crippen LogP contribution in [0.2, 0.25) is 0 Å². The maximum atomic E-state index is 11.9. The van der Waals surface area contributed by atoms with Crippen LogP contribution < -0.4 is 5.32 Å². The Kier molecular flexibility index (Phi) is 2.03. The molecule has 1 atom stereocenters. The molecule has 2 amide bonds. The van der Waals surface area contributed by atoms with Crippen LogP contribution >= 0.6 is 0 Å². The summed E-state index contributed by atoms with van der Waals surface area (Å²) in [5, 5.41) is 13.0. The van der Waals surface area contributed by atoms with Crippen LogP contribution in [0.3, 0.4) is 0 Å². The van der Waals surface area contributed by atoms with Crippen molar-refractivity contribution in [3.05, 3.63) is 33.4 Å². The predicted molar refractivity (Wildman–Crippen MR) is 65.4 cm³/mol. The molecule has 94 valence electrons. The normalized spacial score (nSPS) is 31.1. The molecule has 2 fully saturated rings. The van der Waals surface area contributed by atoms with Crippen LogP contribution in [0.5, 0.6) is 0 Å². The van der Waals surface area contributed by atoms with E-state index in [4.69, 9.17) is 0 Å². The molecular weight excluding hydrogens is 230 g/mol. The fourth-order valence-electron chi connectivity index (χ4n) is 2.98. The molecule has 0 aromatic carbocycles. The Morgan fingerprint density at radius 3 is 2.11 bits per heavy atom. The molecule has 2 N–H and O–H groups in total. The molecule has 3 aliphatic rings. The Bertz CT molecular complexity index is 603. The number of carbonyl (C=O) groups excluding carboxylic acids is 2. The summed E-state index contributed by atoms with van der Waals surface area (Å²) in [6.45, 7) is 5.29. The van der Waals surface area contributed by atoms with Crippen molar-refractivity contribution in [2.24, 2.45) is 0 Å². The molecule has 1 unspecified atom stereocenters. The molecule has 4 heteroatoms. The van der Waals surface area contributed by atoms with Gasteiger partial charge in [0.15, 0.2) is 0 Å². The van der Waals surface area contributed by atoms with Crippen molar-refractivity contribution in [3.8, 4) is 0 Å². The van der Waals surface area contributed by atoms with Gasteiger partial charge in [0.05, 0.1) is 11.1 Å². The van der Waals surface area contributed by atoms with E-state index in [-0.39, 0.29) is 11.8 Å². The lowest BCUT2D eigenvalue weighted by molar-refractivity contribution is -0.123. The fourth-order valence-corrected chi connectivity index (χ4v) is 2.98. The van der Waals surface area contributed by atoms with Crippen molar-refractivity contribution in [2.75, 3.05) is 0 Å². The van der Waals surface area contributed by atoms with Crippen LogP contribution in [0, 0.1) is 0 Å². The van der Waals surface area contributed by atoms with E-state index in [0.717, 1.165) is 29.6 Å². The van der Waals surface area contributed by atoms with Crippen molar-refractivity contribution >= 4 is 11.8 Å². The molecule has 1 heterocycles. The minimum atomic E-state index is -1.15. The van der Waals surface area contributed by atoms with Crippen LogP contribution in [0.25, 0.3) is 0 Å². The summed E-state index contributed by atoms with van der Waals surface area (Å²) in [7, 11) is 0. The molecule has 0 radical (unpaired) electrons. The summed E-state index contributed by atoms with van der Waals surface area (Å²) in [4.78, 5) is 23.8. The topological polar surface area (TPSA) is 66.4 Å². The lowest BCUT2D eigenvalue weighted by Crippen LogP contribution is -2.31. The van der Waals surface area contributed by atoms with Gasteiger partial charge in [0.2, 0.25) is 0 Å². The van der Waals surface area contributed by atoms with E-state index >= 15 is 0 Å². The maximum Gasteiger partial charge on any atom is 0.259 e. The Morgan fingerprint density at radius 2 is 1.56 bits per heavy atom. The molecule has 1 saturated heterocycles. The van der Waals surface area contributed by atoms with Gasteiger partial charge in [-0.1, -0.05) is 0 Å². The van der Waals surface area contributed by atoms with E-state index in [1.54, 1.807) is 13.8 Å². The first-order valence-electron chi connectivity index (χ1n) is 6.09. The first kappa shape index (κ1) is 11.4. The van der Waals surface area contributed by atoms with E-state index in [1.807, 2.05) is 6.92 Å². The van der Waals surface area contributed by atoms with Gasteiger partial charge in [0, 0.05) is 0 Å². The lowest BCUT2D eigenvalue weighted by atomic mass is 9.77. The second kappa shape index (κ2) is 3.20. The lowest BCUT2D eigenvalue weighted by Gasteiger charge is -2.31. The van der Waals surface area contributed by atoms with E-state index in [2.05, 4.69) is 5.32 Å². The summed E-state index contributed by atoms with van der Waals surface area (Å²) < 4.78 is 0. The SMILES string of the molecule is CC1=C2CCC2=C2C(=O)NC(=O)C2=C(C)C1(C)O. The summed E-state index contributed by atoms with van der Waals surface area (Å²) in [6, 6.07) is 0. The van der Waals surface area contributed by atoms with Gasteiger partial charge < -0.3 is 5.11 Å². The van der Waals surface area contributed by atoms with Gasteiger partial charge >= 0.3 is 0 Å². The number of hydrogen-bond donors (Lipinski definition) is 2. The average Bonchev–Trinajstić information content (AvgIpc) is 2.49. The Labute approximate surface area is 105 Å². The standard InChI is InChI=1S/C14H15NO3/c1-6-8-4-5-9(8)11-10(7(2)14(6,3)18)12(16)15-13(11)17/h18H,4-5H2,1-3H3,(H,15,16,17). The van der Waals surface area contributed by atoms with Gasteiger partial charge in [-0.25, -0.2) is 0 Å². The highest BCUT2D eigenvalue weighted by atomic mass is 16.3. The molecule has 1 saturated carbocycles. The van der Waals surface area contributed by atoms with Crippen molar-refractivity contribution in [3.63, 3.8) is 0 Å². The highest BCUT2D eigenvalue weighted by molar-refractivity contribution is 6.26. The van der Waals surface area contributed by atoms with Crippen LogP contribution in [0.15, 0.2) is 33.4 Å². The molecule has 0 aromatic rings. The number of hydrogen-bond acceptors (Lipinski definition) is 3. The van der Waals surface area contributed by atoms with E-state index in [0.29, 0.717) is 16.7 Å². The third kappa shape index (κ3) is 1.13. The second-order valence-corrected chi connectivity index (χ2v) is 5.31. The largest absolute Gasteiger partial charge is 0.381 e. The van der Waals surface area contributed by atoms with Crippen LogP contribution in [0.4, 0.5) is 0 Å². The van der Waals surface area contributed by atoms with Gasteiger partial charge in [-0.2, -0.15) is 0 Å². The molecule has 4 nitrogen and oxygen atoms in total. The number of imide groups is 1. The Morgan fingerprint density at radius 1 is 1.00 bits per heavy atom. The van der Waals surface area contributed by atoms with Gasteiger partial charge in [-0.15, -0.1) is 0 Å². The number of carbonyl (C=O) groups is 2. The number of nitrogens with one attached hydrogen (secondary N) is 1. The number of aliphatic hydroxyl groups is 1. The molecule has 0 aromatic heterocycles. The second-order valence-electron chi connectivity index (χ2n) is 5.31. The number of rotatable bonds is 0. The fraction of sp³-hybridized carbons (Fsp3) is 0.429. The van der Waals surface area contributed by atoms with Crippen molar-refractivity contribution in [1.29, 1.82) is 0 Å². The molecule has 0 bridgehead atoms. The first-order valence-corrected chi connectivity index (χ1v) is 6.09. The van der Waals surface area contributed by atoms with Crippen LogP contribution in [-0.4, -0.2) is 22.5 Å². The van der Waals surface area contributed by atoms with E-state index in [1.165, 1.54) is 0 Å². The smallest absolute Gasteiger partial charge is 0.259 e. The highest BCUT2D eigenvalue weighted by Gasteiger charge is 2.45. The zero-order chi connectivity index (χ0) is 13.2. The Hall–Kier alpha value is -1.68. The average molecular weight is 245 g/mol. The van der Waals surface area contributed by atoms with Crippen molar-refractivity contribution < 1.29 is 14.7 Å². The van der Waals surface area contributed by atoms with Gasteiger partial charge in [-0.05, 0) is 55.9 Å². The van der Waals surface area contributed by atoms with E-state index < -0.39 is 5.60 Å². The van der Waals surface area contributed by atoms with Crippen molar-refractivity contribution in [2.45, 2.75) is 39.2 Å². The molecular formula is C14H15NO3. The molecule has 0 spiro atoms. The summed E-state index contributed by atoms with van der Waals surface area (Å²) >= 11 is 0. The summed E-state index contributed by atoms with van der Waals surface area (Å²) in [5.74, 6) is -0.715. The molecule has 3 rings (SSSR count). The van der Waals surface area contributed by atoms with Crippen LogP contribution in [0.1, 0.15) is 33.6 Å². The number of fused-ring (bicyclic) bond motifs is 2. The minimum Gasteiger partial charge on any atom is -0.381 e. The highest BCUT2D eigenvalue weighted by Crippen LogP contribution is 2.48. The third-order valence-corrected chi connectivity index (χ3v) is 4.51. The maximum absolute atomic E-state index is 11.9. The predicted octanol–water partition coefficient (Wildman–Crippen LogP) is 1.13. The number of amides is 2. The summed E-state index contributed by atoms with van der Waals surface area (Å²) in [5.41, 5.74) is 3.09. The van der Waals surface area contributed by atoms with Crippen LogP contribution in [-0.2, 0) is 9.59 Å². The van der Waals surface area contributed by atoms with Gasteiger partial charge in [0.25, 0.3) is 11.8 Å². The zero-order valence-electron chi connectivity index (χ0n) is 10.7. The van der Waals surface area contributed by atoms with Crippen molar-refractivity contribution in [1.82, 2.24) is 5.32 Å². The minimum absolute atomic E-state index is 0.327. The Balaban J connectivity index is 2.39. The first-order chi connectivity index (χ1) is 8.35. The number of allylic oxidation sites excluding steroid dienone is 2. The van der Waals surface area contributed by atoms with Gasteiger partial charge in [0.1, 0.15) is 5.60 Å². The van der Waals surface area contributed by atoms with E-state index in [9.17, 15) is 14.7 Å².